The van der Waals surface area contributed by atoms with Crippen molar-refractivity contribution in [3.63, 3.8) is 0 Å². The lowest BCUT2D eigenvalue weighted by Gasteiger charge is -2.05. The Morgan fingerprint density at radius 2 is 2.16 bits per heavy atom. The number of rotatable bonds is 6. The molecule has 1 unspecified atom stereocenters. The molecular weight excluding hydrogens is 242 g/mol. The van der Waals surface area contributed by atoms with Gasteiger partial charge < -0.3 is 15.0 Å². The summed E-state index contributed by atoms with van der Waals surface area (Å²) in [5, 5.41) is 4.00. The lowest BCUT2D eigenvalue weighted by Crippen LogP contribution is -2.11. The molecule has 2 rings (SSSR count). The van der Waals surface area contributed by atoms with Gasteiger partial charge in [0.2, 0.25) is 11.7 Å². The summed E-state index contributed by atoms with van der Waals surface area (Å²) in [6, 6.07) is 7.69. The summed E-state index contributed by atoms with van der Waals surface area (Å²) in [5.74, 6) is 1.07. The Morgan fingerprint density at radius 1 is 1.37 bits per heavy atom. The molecule has 0 bridgehead atoms. The van der Waals surface area contributed by atoms with Crippen LogP contribution < -0.4 is 5.73 Å². The van der Waals surface area contributed by atoms with Crippen molar-refractivity contribution in [3.05, 3.63) is 35.7 Å². The molecule has 1 aromatic carbocycles. The van der Waals surface area contributed by atoms with Crippen LogP contribution in [0.1, 0.15) is 30.3 Å². The van der Waals surface area contributed by atoms with E-state index in [1.54, 1.807) is 7.11 Å². The van der Waals surface area contributed by atoms with Crippen molar-refractivity contribution in [1.29, 1.82) is 0 Å². The summed E-state index contributed by atoms with van der Waals surface area (Å²) in [7, 11) is 1.68. The predicted molar refractivity (Wildman–Crippen MR) is 72.5 cm³/mol. The molecule has 2 N–H and O–H groups in total. The van der Waals surface area contributed by atoms with E-state index >= 15 is 0 Å². The number of aryl methyl sites for hydroxylation is 1. The molecule has 5 heteroatoms. The number of aromatic nitrogens is 2. The van der Waals surface area contributed by atoms with Gasteiger partial charge in [0.1, 0.15) is 0 Å². The molecule has 0 radical (unpaired) electrons. The first-order chi connectivity index (χ1) is 9.22. The van der Waals surface area contributed by atoms with E-state index in [4.69, 9.17) is 15.0 Å². The number of hydrogen-bond acceptors (Lipinski definition) is 5. The van der Waals surface area contributed by atoms with Crippen molar-refractivity contribution in [2.75, 3.05) is 13.7 Å². The Kier molecular flexibility index (Phi) is 4.65. The van der Waals surface area contributed by atoms with Crippen molar-refractivity contribution >= 4 is 0 Å². The smallest absolute Gasteiger partial charge is 0.243 e. The van der Waals surface area contributed by atoms with Crippen molar-refractivity contribution in [1.82, 2.24) is 10.1 Å². The van der Waals surface area contributed by atoms with E-state index in [-0.39, 0.29) is 6.04 Å². The first kappa shape index (κ1) is 13.7. The molecule has 0 aliphatic rings. The predicted octanol–water partition coefficient (Wildman–Crippen LogP) is 2.47. The maximum Gasteiger partial charge on any atom is 0.243 e. The molecule has 1 heterocycles. The van der Waals surface area contributed by atoms with Gasteiger partial charge in [-0.05, 0) is 25.3 Å². The van der Waals surface area contributed by atoms with Crippen LogP contribution >= 0.6 is 0 Å². The third-order valence-electron chi connectivity index (χ3n) is 3.01. The van der Waals surface area contributed by atoms with Crippen LogP contribution in [-0.2, 0) is 4.74 Å². The Bertz CT molecular complexity index is 525. The lowest BCUT2D eigenvalue weighted by atomic mass is 10.1. The number of nitrogens with two attached hydrogens (primary N) is 1. The van der Waals surface area contributed by atoms with Crippen LogP contribution in [-0.4, -0.2) is 23.9 Å². The molecular formula is C14H19N3O2. The number of hydrogen-bond donors (Lipinski definition) is 1. The average molecular weight is 261 g/mol. The number of nitrogens with zero attached hydrogens (tertiary/aromatic N) is 2. The van der Waals surface area contributed by atoms with Gasteiger partial charge in [-0.25, -0.2) is 0 Å². The summed E-state index contributed by atoms with van der Waals surface area (Å²) < 4.78 is 10.2. The highest BCUT2D eigenvalue weighted by molar-refractivity contribution is 5.58. The highest BCUT2D eigenvalue weighted by atomic mass is 16.5. The second kappa shape index (κ2) is 6.45. The van der Waals surface area contributed by atoms with E-state index in [0.717, 1.165) is 24.0 Å². The Labute approximate surface area is 112 Å². The number of benzene rings is 1. The summed E-state index contributed by atoms with van der Waals surface area (Å²) in [6.45, 7) is 2.70. The van der Waals surface area contributed by atoms with Crippen LogP contribution in [0, 0.1) is 6.92 Å². The van der Waals surface area contributed by atoms with Crippen LogP contribution in [0.2, 0.25) is 0 Å². The minimum atomic E-state index is -0.236. The standard InChI is InChI=1S/C14H19N3O2/c1-10-6-3-4-7-11(10)13-16-14(19-17-13)12(15)8-5-9-18-2/h3-4,6-7,12H,5,8-9,15H2,1-2H3. The van der Waals surface area contributed by atoms with Crippen LogP contribution in [0.4, 0.5) is 0 Å². The molecule has 0 amide bonds. The third kappa shape index (κ3) is 3.39. The first-order valence-electron chi connectivity index (χ1n) is 6.36. The number of methoxy groups -OCH3 is 1. The van der Waals surface area contributed by atoms with E-state index in [1.165, 1.54) is 0 Å². The topological polar surface area (TPSA) is 74.2 Å². The Hall–Kier alpha value is -1.72. The molecule has 102 valence electrons. The maximum atomic E-state index is 6.01. The highest BCUT2D eigenvalue weighted by Gasteiger charge is 2.16. The van der Waals surface area contributed by atoms with Gasteiger partial charge in [0.05, 0.1) is 6.04 Å². The molecule has 0 saturated heterocycles. The van der Waals surface area contributed by atoms with Crippen LogP contribution in [0.25, 0.3) is 11.4 Å². The highest BCUT2D eigenvalue weighted by Crippen LogP contribution is 2.22. The van der Waals surface area contributed by atoms with Gasteiger partial charge in [-0.2, -0.15) is 4.98 Å². The van der Waals surface area contributed by atoms with Crippen molar-refractivity contribution in [2.24, 2.45) is 5.73 Å². The van der Waals surface area contributed by atoms with E-state index in [0.29, 0.717) is 18.3 Å². The third-order valence-corrected chi connectivity index (χ3v) is 3.01. The second-order valence-corrected chi connectivity index (χ2v) is 4.51. The Morgan fingerprint density at radius 3 is 2.89 bits per heavy atom. The molecule has 19 heavy (non-hydrogen) atoms. The van der Waals surface area contributed by atoms with Crippen molar-refractivity contribution in [2.45, 2.75) is 25.8 Å². The number of ether oxygens (including phenoxy) is 1. The summed E-state index contributed by atoms with van der Waals surface area (Å²) in [5.41, 5.74) is 8.10. The van der Waals surface area contributed by atoms with E-state index in [9.17, 15) is 0 Å². The van der Waals surface area contributed by atoms with Crippen molar-refractivity contribution < 1.29 is 9.26 Å². The molecule has 0 aliphatic carbocycles. The van der Waals surface area contributed by atoms with Gasteiger partial charge in [-0.3, -0.25) is 0 Å². The van der Waals surface area contributed by atoms with E-state index in [2.05, 4.69) is 10.1 Å². The lowest BCUT2D eigenvalue weighted by molar-refractivity contribution is 0.188. The second-order valence-electron chi connectivity index (χ2n) is 4.51. The molecule has 1 aromatic heterocycles. The van der Waals surface area contributed by atoms with E-state index < -0.39 is 0 Å². The normalized spacial score (nSPS) is 12.6. The van der Waals surface area contributed by atoms with E-state index in [1.807, 2.05) is 31.2 Å². The van der Waals surface area contributed by atoms with Gasteiger partial charge in [-0.15, -0.1) is 0 Å². The zero-order valence-corrected chi connectivity index (χ0v) is 11.3. The minimum absolute atomic E-state index is 0.236. The van der Waals surface area contributed by atoms with Gasteiger partial charge in [0, 0.05) is 19.3 Å². The summed E-state index contributed by atoms with van der Waals surface area (Å²) >= 11 is 0. The van der Waals surface area contributed by atoms with Gasteiger partial charge >= 0.3 is 0 Å². The molecule has 1 atom stereocenters. The summed E-state index contributed by atoms with van der Waals surface area (Å²) in [6.07, 6.45) is 1.64. The molecule has 0 aliphatic heterocycles. The minimum Gasteiger partial charge on any atom is -0.385 e. The quantitative estimate of drug-likeness (QED) is 0.808. The fourth-order valence-corrected chi connectivity index (χ4v) is 1.89. The molecule has 0 spiro atoms. The van der Waals surface area contributed by atoms with Gasteiger partial charge in [-0.1, -0.05) is 29.4 Å². The molecule has 0 fully saturated rings. The van der Waals surface area contributed by atoms with Gasteiger partial charge in [0.25, 0.3) is 0 Å². The van der Waals surface area contributed by atoms with Gasteiger partial charge in [0.15, 0.2) is 0 Å². The zero-order valence-electron chi connectivity index (χ0n) is 11.3. The molecule has 2 aromatic rings. The average Bonchev–Trinajstić information content (AvgIpc) is 2.89. The zero-order chi connectivity index (χ0) is 13.7. The van der Waals surface area contributed by atoms with Crippen LogP contribution in [0.5, 0.6) is 0 Å². The fraction of sp³-hybridized carbons (Fsp3) is 0.429. The van der Waals surface area contributed by atoms with Crippen LogP contribution in [0.15, 0.2) is 28.8 Å². The Balaban J connectivity index is 2.09. The largest absolute Gasteiger partial charge is 0.385 e. The van der Waals surface area contributed by atoms with Crippen LogP contribution in [0.3, 0.4) is 0 Å². The first-order valence-corrected chi connectivity index (χ1v) is 6.36. The monoisotopic (exact) mass is 261 g/mol. The molecule has 5 nitrogen and oxygen atoms in total. The fourth-order valence-electron chi connectivity index (χ4n) is 1.89. The molecule has 0 saturated carbocycles. The maximum absolute atomic E-state index is 6.01. The SMILES string of the molecule is COCCCC(N)c1nc(-c2ccccc2C)no1. The summed E-state index contributed by atoms with van der Waals surface area (Å²) in [4.78, 5) is 4.38. The van der Waals surface area contributed by atoms with Crippen molar-refractivity contribution in [3.8, 4) is 11.4 Å².